The first-order chi connectivity index (χ1) is 12.6. The van der Waals surface area contributed by atoms with Gasteiger partial charge in [-0.1, -0.05) is 60.1 Å². The van der Waals surface area contributed by atoms with Crippen LogP contribution < -0.4 is 5.32 Å². The van der Waals surface area contributed by atoms with Gasteiger partial charge >= 0.3 is 0 Å². The monoisotopic (exact) mass is 407 g/mol. The Balaban J connectivity index is 1.62. The van der Waals surface area contributed by atoms with Crippen LogP contribution in [0.25, 0.3) is 11.5 Å². The molecule has 26 heavy (non-hydrogen) atoms. The Hall–Kier alpha value is -2.02. The van der Waals surface area contributed by atoms with Gasteiger partial charge in [-0.3, -0.25) is 4.79 Å². The Labute approximate surface area is 165 Å². The number of para-hydroxylation sites is 1. The highest BCUT2D eigenvalue weighted by Gasteiger charge is 2.14. The second-order valence-electron chi connectivity index (χ2n) is 5.34. The van der Waals surface area contributed by atoms with Gasteiger partial charge in [0.25, 0.3) is 5.22 Å². The Morgan fingerprint density at radius 2 is 2.00 bits per heavy atom. The van der Waals surface area contributed by atoms with E-state index >= 15 is 0 Å². The highest BCUT2D eigenvalue weighted by Crippen LogP contribution is 2.31. The van der Waals surface area contributed by atoms with Crippen molar-refractivity contribution in [3.05, 3.63) is 58.1 Å². The summed E-state index contributed by atoms with van der Waals surface area (Å²) in [5.41, 5.74) is 2.50. The van der Waals surface area contributed by atoms with Gasteiger partial charge in [-0.15, -0.1) is 10.2 Å². The first-order valence-electron chi connectivity index (χ1n) is 7.86. The van der Waals surface area contributed by atoms with E-state index in [9.17, 15) is 4.79 Å². The number of carbonyl (C=O) groups is 1. The highest BCUT2D eigenvalue weighted by atomic mass is 35.5. The second kappa shape index (κ2) is 8.58. The topological polar surface area (TPSA) is 68.0 Å². The van der Waals surface area contributed by atoms with Crippen molar-refractivity contribution in [2.45, 2.75) is 18.6 Å². The standard InChI is InChI=1S/C18H15Cl2N3O2S/c1-2-11-5-3-4-6-15(11)21-16(24)10-26-18-23-22-17(25-18)13-8-7-12(19)9-14(13)20/h3-9H,2,10H2,1H3,(H,21,24). The summed E-state index contributed by atoms with van der Waals surface area (Å²) in [6, 6.07) is 12.7. The lowest BCUT2D eigenvalue weighted by Gasteiger charge is -2.08. The molecule has 134 valence electrons. The number of hydrogen-bond acceptors (Lipinski definition) is 5. The molecule has 0 spiro atoms. The molecule has 8 heteroatoms. The van der Waals surface area contributed by atoms with Gasteiger partial charge in [0.15, 0.2) is 0 Å². The van der Waals surface area contributed by atoms with Crippen LogP contribution in [0.4, 0.5) is 5.69 Å². The zero-order valence-electron chi connectivity index (χ0n) is 13.8. The van der Waals surface area contributed by atoms with E-state index in [1.54, 1.807) is 18.2 Å². The van der Waals surface area contributed by atoms with E-state index in [4.69, 9.17) is 27.6 Å². The number of aromatic nitrogens is 2. The number of nitrogens with zero attached hydrogens (tertiary/aromatic N) is 2. The van der Waals surface area contributed by atoms with Crippen LogP contribution in [-0.4, -0.2) is 21.9 Å². The maximum absolute atomic E-state index is 12.2. The van der Waals surface area contributed by atoms with E-state index in [-0.39, 0.29) is 17.6 Å². The van der Waals surface area contributed by atoms with E-state index in [0.29, 0.717) is 20.8 Å². The Morgan fingerprint density at radius 1 is 1.19 bits per heavy atom. The molecule has 0 fully saturated rings. The van der Waals surface area contributed by atoms with Crippen molar-refractivity contribution in [3.63, 3.8) is 0 Å². The van der Waals surface area contributed by atoms with E-state index < -0.39 is 0 Å². The third-order valence-corrected chi connectivity index (χ3v) is 4.93. The molecule has 0 saturated heterocycles. The van der Waals surface area contributed by atoms with Crippen molar-refractivity contribution in [1.29, 1.82) is 0 Å². The number of halogens is 2. The molecule has 3 rings (SSSR count). The maximum Gasteiger partial charge on any atom is 0.277 e. The Bertz CT molecular complexity index is 930. The number of anilines is 1. The van der Waals surface area contributed by atoms with Crippen LogP contribution >= 0.6 is 35.0 Å². The predicted octanol–water partition coefficient (Wildman–Crippen LogP) is 5.34. The van der Waals surface area contributed by atoms with Crippen molar-refractivity contribution in [3.8, 4) is 11.5 Å². The van der Waals surface area contributed by atoms with Gasteiger partial charge in [-0.25, -0.2) is 0 Å². The van der Waals surface area contributed by atoms with Crippen LogP contribution in [0, 0.1) is 0 Å². The summed E-state index contributed by atoms with van der Waals surface area (Å²) in [7, 11) is 0. The Kier molecular flexibility index (Phi) is 6.19. The molecule has 5 nitrogen and oxygen atoms in total. The lowest BCUT2D eigenvalue weighted by Crippen LogP contribution is -2.15. The average molecular weight is 408 g/mol. The van der Waals surface area contributed by atoms with Gasteiger partial charge in [0.2, 0.25) is 11.8 Å². The first-order valence-corrected chi connectivity index (χ1v) is 9.60. The van der Waals surface area contributed by atoms with Crippen LogP contribution in [-0.2, 0) is 11.2 Å². The van der Waals surface area contributed by atoms with Crippen LogP contribution in [0.2, 0.25) is 10.0 Å². The minimum atomic E-state index is -0.139. The normalized spacial score (nSPS) is 10.7. The molecule has 1 heterocycles. The minimum Gasteiger partial charge on any atom is -0.411 e. The molecule has 2 aromatic carbocycles. The smallest absolute Gasteiger partial charge is 0.277 e. The number of carbonyl (C=O) groups excluding carboxylic acids is 1. The van der Waals surface area contributed by atoms with Crippen molar-refractivity contribution in [1.82, 2.24) is 10.2 Å². The van der Waals surface area contributed by atoms with Gasteiger partial charge < -0.3 is 9.73 Å². The molecule has 0 bridgehead atoms. The summed E-state index contributed by atoms with van der Waals surface area (Å²) in [5.74, 6) is 0.305. The fourth-order valence-electron chi connectivity index (χ4n) is 2.30. The predicted molar refractivity (Wildman–Crippen MR) is 105 cm³/mol. The number of rotatable bonds is 6. The summed E-state index contributed by atoms with van der Waals surface area (Å²) in [5, 5.41) is 12.1. The van der Waals surface area contributed by atoms with E-state index in [1.807, 2.05) is 31.2 Å². The van der Waals surface area contributed by atoms with Crippen molar-refractivity contribution >= 4 is 46.6 Å². The van der Waals surface area contributed by atoms with Crippen molar-refractivity contribution < 1.29 is 9.21 Å². The third kappa shape index (κ3) is 4.58. The molecular formula is C18H15Cl2N3O2S. The van der Waals surface area contributed by atoms with E-state index in [0.717, 1.165) is 29.4 Å². The molecule has 0 unspecified atom stereocenters. The number of benzene rings is 2. The molecule has 1 N–H and O–H groups in total. The van der Waals surface area contributed by atoms with E-state index in [1.165, 1.54) is 0 Å². The van der Waals surface area contributed by atoms with Crippen LogP contribution in [0.3, 0.4) is 0 Å². The van der Waals surface area contributed by atoms with Gasteiger partial charge in [-0.05, 0) is 36.2 Å². The quantitative estimate of drug-likeness (QED) is 0.558. The number of nitrogens with one attached hydrogen (secondary N) is 1. The average Bonchev–Trinajstić information content (AvgIpc) is 3.09. The highest BCUT2D eigenvalue weighted by molar-refractivity contribution is 7.99. The molecule has 0 atom stereocenters. The van der Waals surface area contributed by atoms with Crippen molar-refractivity contribution in [2.24, 2.45) is 0 Å². The van der Waals surface area contributed by atoms with Crippen LogP contribution in [0.1, 0.15) is 12.5 Å². The third-order valence-electron chi connectivity index (χ3n) is 3.57. The van der Waals surface area contributed by atoms with Gasteiger partial charge in [0.1, 0.15) is 0 Å². The van der Waals surface area contributed by atoms with Gasteiger partial charge in [-0.2, -0.15) is 0 Å². The maximum atomic E-state index is 12.2. The number of hydrogen-bond donors (Lipinski definition) is 1. The summed E-state index contributed by atoms with van der Waals surface area (Å²) in [6.07, 6.45) is 0.846. The number of aryl methyl sites for hydroxylation is 1. The molecule has 1 amide bonds. The molecule has 3 aromatic rings. The molecular weight excluding hydrogens is 393 g/mol. The summed E-state index contributed by atoms with van der Waals surface area (Å²) >= 11 is 13.2. The molecule has 1 aromatic heterocycles. The van der Waals surface area contributed by atoms with Gasteiger partial charge in [0.05, 0.1) is 16.3 Å². The summed E-state index contributed by atoms with van der Waals surface area (Å²) in [4.78, 5) is 12.2. The zero-order valence-corrected chi connectivity index (χ0v) is 16.2. The lowest BCUT2D eigenvalue weighted by molar-refractivity contribution is -0.113. The zero-order chi connectivity index (χ0) is 18.5. The van der Waals surface area contributed by atoms with E-state index in [2.05, 4.69) is 15.5 Å². The molecule has 0 aliphatic rings. The fraction of sp³-hybridized carbons (Fsp3) is 0.167. The number of amides is 1. The fourth-order valence-corrected chi connectivity index (χ4v) is 3.36. The van der Waals surface area contributed by atoms with Gasteiger partial charge in [0, 0.05) is 10.7 Å². The minimum absolute atomic E-state index is 0.139. The SMILES string of the molecule is CCc1ccccc1NC(=O)CSc1nnc(-c2ccc(Cl)cc2Cl)o1. The molecule has 0 aliphatic heterocycles. The van der Waals surface area contributed by atoms with Crippen LogP contribution in [0.5, 0.6) is 0 Å². The summed E-state index contributed by atoms with van der Waals surface area (Å²) in [6.45, 7) is 2.04. The van der Waals surface area contributed by atoms with Crippen LogP contribution in [0.15, 0.2) is 52.1 Å². The first kappa shape index (κ1) is 18.8. The summed E-state index contributed by atoms with van der Waals surface area (Å²) < 4.78 is 5.57. The van der Waals surface area contributed by atoms with Crippen molar-refractivity contribution in [2.75, 3.05) is 11.1 Å². The second-order valence-corrected chi connectivity index (χ2v) is 7.12. The number of thioether (sulfide) groups is 1. The molecule has 0 saturated carbocycles. The molecule has 0 aliphatic carbocycles. The Morgan fingerprint density at radius 3 is 2.77 bits per heavy atom. The largest absolute Gasteiger partial charge is 0.411 e. The molecule has 0 radical (unpaired) electrons. The lowest BCUT2D eigenvalue weighted by atomic mass is 10.1.